The molecule has 0 rings (SSSR count). The van der Waals surface area contributed by atoms with Gasteiger partial charge in [0.15, 0.2) is 0 Å². The van der Waals surface area contributed by atoms with Crippen LogP contribution in [0.4, 0.5) is 0 Å². The Labute approximate surface area is 88.6 Å². The molecule has 0 spiro atoms. The predicted octanol–water partition coefficient (Wildman–Crippen LogP) is 4.27. The van der Waals surface area contributed by atoms with Gasteiger partial charge in [0.05, 0.1) is 0 Å². The van der Waals surface area contributed by atoms with Crippen molar-refractivity contribution in [2.24, 2.45) is 0 Å². The van der Waals surface area contributed by atoms with E-state index in [2.05, 4.69) is 6.92 Å². The fourth-order valence-electron chi connectivity index (χ4n) is 1.55. The van der Waals surface area contributed by atoms with Crippen LogP contribution < -0.4 is 0 Å². The largest absolute Gasteiger partial charge is 0.299 e. The summed E-state index contributed by atoms with van der Waals surface area (Å²) in [7, 11) is 0. The fraction of sp³-hybridized carbons (Fsp3) is 0.769. The zero-order valence-electron chi connectivity index (χ0n) is 9.50. The maximum atomic E-state index is 9.95. The van der Waals surface area contributed by atoms with Crippen molar-refractivity contribution >= 4 is 6.29 Å². The van der Waals surface area contributed by atoms with Gasteiger partial charge in [-0.3, -0.25) is 4.79 Å². The van der Waals surface area contributed by atoms with Gasteiger partial charge in [0.1, 0.15) is 6.29 Å². The minimum atomic E-state index is 0.852. The second kappa shape index (κ2) is 12.4. The number of hydrogen-bond acceptors (Lipinski definition) is 1. The van der Waals surface area contributed by atoms with Crippen molar-refractivity contribution in [3.05, 3.63) is 12.2 Å². The summed E-state index contributed by atoms with van der Waals surface area (Å²) in [5.41, 5.74) is 0. The first-order chi connectivity index (χ1) is 6.91. The van der Waals surface area contributed by atoms with Crippen LogP contribution in [0.1, 0.15) is 64.7 Å². The molecule has 1 nitrogen and oxygen atoms in total. The highest BCUT2D eigenvalue weighted by Crippen LogP contribution is 2.09. The van der Waals surface area contributed by atoms with Gasteiger partial charge in [-0.05, 0) is 18.9 Å². The first-order valence-electron chi connectivity index (χ1n) is 6.02. The molecule has 0 bridgehead atoms. The van der Waals surface area contributed by atoms with E-state index in [0.717, 1.165) is 12.7 Å². The van der Waals surface area contributed by atoms with Crippen LogP contribution in [0.25, 0.3) is 0 Å². The Balaban J connectivity index is 2.91. The van der Waals surface area contributed by atoms with E-state index in [4.69, 9.17) is 0 Å². The number of carbonyl (C=O) groups is 1. The van der Waals surface area contributed by atoms with Crippen molar-refractivity contribution in [1.29, 1.82) is 0 Å². The van der Waals surface area contributed by atoms with Crippen LogP contribution in [0.15, 0.2) is 12.2 Å². The number of hydrogen-bond donors (Lipinski definition) is 0. The van der Waals surface area contributed by atoms with E-state index < -0.39 is 0 Å². The van der Waals surface area contributed by atoms with Crippen LogP contribution in [0.2, 0.25) is 0 Å². The van der Waals surface area contributed by atoms with Gasteiger partial charge >= 0.3 is 0 Å². The first-order valence-corrected chi connectivity index (χ1v) is 6.02. The summed E-state index contributed by atoms with van der Waals surface area (Å²) in [6.45, 7) is 2.25. The normalized spacial score (nSPS) is 10.9. The van der Waals surface area contributed by atoms with Crippen LogP contribution in [-0.2, 0) is 4.79 Å². The van der Waals surface area contributed by atoms with E-state index in [1.54, 1.807) is 6.08 Å². The Morgan fingerprint density at radius 2 is 1.43 bits per heavy atom. The molecule has 0 N–H and O–H groups in total. The summed E-state index contributed by atoms with van der Waals surface area (Å²) in [4.78, 5) is 9.95. The third-order valence-corrected chi connectivity index (χ3v) is 2.44. The molecule has 0 heterocycles. The lowest BCUT2D eigenvalue weighted by Gasteiger charge is -1.99. The Morgan fingerprint density at radius 1 is 0.857 bits per heavy atom. The lowest BCUT2D eigenvalue weighted by atomic mass is 10.1. The molecule has 0 aliphatic carbocycles. The summed E-state index contributed by atoms with van der Waals surface area (Å²) < 4.78 is 0. The minimum absolute atomic E-state index is 0.852. The average Bonchev–Trinajstić information content (AvgIpc) is 2.21. The monoisotopic (exact) mass is 196 g/mol. The highest BCUT2D eigenvalue weighted by Gasteiger charge is 1.89. The van der Waals surface area contributed by atoms with E-state index in [1.165, 1.54) is 51.4 Å². The molecule has 0 atom stereocenters. The van der Waals surface area contributed by atoms with Crippen molar-refractivity contribution in [3.63, 3.8) is 0 Å². The van der Waals surface area contributed by atoms with E-state index in [-0.39, 0.29) is 0 Å². The smallest absolute Gasteiger partial charge is 0.142 e. The van der Waals surface area contributed by atoms with Crippen molar-refractivity contribution < 1.29 is 4.79 Å². The summed E-state index contributed by atoms with van der Waals surface area (Å²) >= 11 is 0. The van der Waals surface area contributed by atoms with Crippen LogP contribution in [0, 0.1) is 0 Å². The summed E-state index contributed by atoms with van der Waals surface area (Å²) in [5.74, 6) is 0. The third-order valence-electron chi connectivity index (χ3n) is 2.44. The zero-order chi connectivity index (χ0) is 10.5. The molecule has 0 aliphatic rings. The number of unbranched alkanes of at least 4 members (excludes halogenated alkanes) is 8. The molecule has 1 heteroatoms. The van der Waals surface area contributed by atoms with Gasteiger partial charge in [-0.1, -0.05) is 57.9 Å². The van der Waals surface area contributed by atoms with Crippen LogP contribution in [0.5, 0.6) is 0 Å². The van der Waals surface area contributed by atoms with Crippen LogP contribution >= 0.6 is 0 Å². The second-order valence-corrected chi connectivity index (χ2v) is 3.83. The highest BCUT2D eigenvalue weighted by molar-refractivity contribution is 5.64. The summed E-state index contributed by atoms with van der Waals surface area (Å²) in [6.07, 6.45) is 16.3. The Bertz CT molecular complexity index is 138. The van der Waals surface area contributed by atoms with E-state index in [9.17, 15) is 4.79 Å². The highest BCUT2D eigenvalue weighted by atomic mass is 16.1. The molecule has 0 aromatic carbocycles. The third kappa shape index (κ3) is 11.4. The lowest BCUT2D eigenvalue weighted by Crippen LogP contribution is -1.79. The molecule has 0 amide bonds. The van der Waals surface area contributed by atoms with Crippen molar-refractivity contribution in [2.45, 2.75) is 64.7 Å². The lowest BCUT2D eigenvalue weighted by molar-refractivity contribution is -0.104. The van der Waals surface area contributed by atoms with Gasteiger partial charge < -0.3 is 0 Å². The topological polar surface area (TPSA) is 17.1 Å². The van der Waals surface area contributed by atoms with Gasteiger partial charge in [-0.2, -0.15) is 0 Å². The number of carbonyl (C=O) groups excluding carboxylic acids is 1. The van der Waals surface area contributed by atoms with Crippen molar-refractivity contribution in [2.75, 3.05) is 0 Å². The van der Waals surface area contributed by atoms with E-state index >= 15 is 0 Å². The SMILES string of the molecule is CCCCCCCCCC/C=C/C=O. The number of rotatable bonds is 10. The van der Waals surface area contributed by atoms with Gasteiger partial charge in [-0.15, -0.1) is 0 Å². The molecule has 14 heavy (non-hydrogen) atoms. The molecule has 0 unspecified atom stereocenters. The van der Waals surface area contributed by atoms with Gasteiger partial charge in [0.25, 0.3) is 0 Å². The molecule has 0 aliphatic heterocycles. The number of aldehydes is 1. The molecule has 0 saturated carbocycles. The molecular weight excluding hydrogens is 172 g/mol. The Morgan fingerprint density at radius 3 is 2.00 bits per heavy atom. The summed E-state index contributed by atoms with van der Waals surface area (Å²) in [5, 5.41) is 0. The van der Waals surface area contributed by atoms with Crippen LogP contribution in [0.3, 0.4) is 0 Å². The quantitative estimate of drug-likeness (QED) is 0.290. The minimum Gasteiger partial charge on any atom is -0.299 e. The van der Waals surface area contributed by atoms with Gasteiger partial charge in [0.2, 0.25) is 0 Å². The van der Waals surface area contributed by atoms with Gasteiger partial charge in [0, 0.05) is 0 Å². The van der Waals surface area contributed by atoms with Crippen molar-refractivity contribution in [3.8, 4) is 0 Å². The fourth-order valence-corrected chi connectivity index (χ4v) is 1.55. The van der Waals surface area contributed by atoms with Crippen molar-refractivity contribution in [1.82, 2.24) is 0 Å². The molecule has 0 aromatic rings. The van der Waals surface area contributed by atoms with Gasteiger partial charge in [-0.25, -0.2) is 0 Å². The van der Waals surface area contributed by atoms with Crippen LogP contribution in [-0.4, -0.2) is 6.29 Å². The average molecular weight is 196 g/mol. The summed E-state index contributed by atoms with van der Waals surface area (Å²) in [6, 6.07) is 0. The molecule has 0 aromatic heterocycles. The Hall–Kier alpha value is -0.590. The molecule has 0 saturated heterocycles. The number of allylic oxidation sites excluding steroid dienone is 2. The van der Waals surface area contributed by atoms with E-state index in [0.29, 0.717) is 0 Å². The predicted molar refractivity (Wildman–Crippen MR) is 62.4 cm³/mol. The molecule has 0 radical (unpaired) electrons. The molecule has 0 fully saturated rings. The zero-order valence-corrected chi connectivity index (χ0v) is 9.50. The Kier molecular flexibility index (Phi) is 11.9. The maximum Gasteiger partial charge on any atom is 0.142 e. The molecular formula is C13H24O. The molecule has 82 valence electrons. The standard InChI is InChI=1S/C13H24O/c1-2-3-4-5-6-7-8-9-10-11-12-13-14/h11-13H,2-10H2,1H3/b12-11+. The maximum absolute atomic E-state index is 9.95. The van der Waals surface area contributed by atoms with E-state index in [1.807, 2.05) is 6.08 Å². The first kappa shape index (κ1) is 13.4. The second-order valence-electron chi connectivity index (χ2n) is 3.83.